The molecule has 1 heterocycles. The Morgan fingerprint density at radius 3 is 2.00 bits per heavy atom. The van der Waals surface area contributed by atoms with E-state index in [9.17, 15) is 9.59 Å². The number of anilines is 1. The SMILES string of the molecule is CCCCC(CC)CN(CC(CC)CCCC)C(=O)C1=NN(c2ccccc2)C(=O)C1. The minimum Gasteiger partial charge on any atom is -0.337 e. The minimum absolute atomic E-state index is 0.0586. The zero-order valence-electron chi connectivity index (χ0n) is 20.0. The Labute approximate surface area is 188 Å². The van der Waals surface area contributed by atoms with Gasteiger partial charge in [0.05, 0.1) is 12.1 Å². The number of nitrogens with zero attached hydrogens (tertiary/aromatic N) is 3. The minimum atomic E-state index is -0.134. The summed E-state index contributed by atoms with van der Waals surface area (Å²) in [5.41, 5.74) is 1.09. The molecular formula is C26H41N3O2. The summed E-state index contributed by atoms with van der Waals surface area (Å²) in [4.78, 5) is 28.1. The van der Waals surface area contributed by atoms with Gasteiger partial charge in [-0.25, -0.2) is 0 Å². The van der Waals surface area contributed by atoms with Gasteiger partial charge in [0, 0.05) is 13.1 Å². The van der Waals surface area contributed by atoms with Crippen molar-refractivity contribution in [3.05, 3.63) is 30.3 Å². The molecule has 2 unspecified atom stereocenters. The van der Waals surface area contributed by atoms with E-state index in [0.717, 1.165) is 38.8 Å². The van der Waals surface area contributed by atoms with Gasteiger partial charge >= 0.3 is 0 Å². The van der Waals surface area contributed by atoms with Crippen LogP contribution in [-0.4, -0.2) is 35.5 Å². The first kappa shape index (κ1) is 25.1. The second-order valence-electron chi connectivity index (χ2n) is 8.81. The third-order valence-corrected chi connectivity index (χ3v) is 6.35. The van der Waals surface area contributed by atoms with Crippen LogP contribution in [0.5, 0.6) is 0 Å². The van der Waals surface area contributed by atoms with Gasteiger partial charge in [0.15, 0.2) is 0 Å². The molecule has 5 nitrogen and oxygen atoms in total. The third kappa shape index (κ3) is 7.48. The van der Waals surface area contributed by atoms with E-state index in [4.69, 9.17) is 0 Å². The summed E-state index contributed by atoms with van der Waals surface area (Å²) in [6.07, 6.45) is 9.23. The number of hydrogen-bond acceptors (Lipinski definition) is 3. The Balaban J connectivity index is 2.20. The number of carbonyl (C=O) groups excluding carboxylic acids is 2. The molecule has 0 saturated carbocycles. The van der Waals surface area contributed by atoms with Crippen LogP contribution in [0, 0.1) is 11.8 Å². The van der Waals surface area contributed by atoms with Gasteiger partial charge in [-0.05, 0) is 36.8 Å². The zero-order chi connectivity index (χ0) is 22.6. The molecule has 1 aliphatic heterocycles. The Morgan fingerprint density at radius 2 is 1.52 bits per heavy atom. The van der Waals surface area contributed by atoms with Crippen molar-refractivity contribution in [1.82, 2.24) is 4.90 Å². The van der Waals surface area contributed by atoms with Gasteiger partial charge in [0.25, 0.3) is 11.8 Å². The van der Waals surface area contributed by atoms with Gasteiger partial charge in [-0.3, -0.25) is 9.59 Å². The Bertz CT molecular complexity index is 699. The van der Waals surface area contributed by atoms with Crippen molar-refractivity contribution in [3.63, 3.8) is 0 Å². The predicted molar refractivity (Wildman–Crippen MR) is 129 cm³/mol. The molecule has 1 aromatic rings. The van der Waals surface area contributed by atoms with Crippen LogP contribution in [0.1, 0.15) is 85.5 Å². The summed E-state index contributed by atoms with van der Waals surface area (Å²) >= 11 is 0. The van der Waals surface area contributed by atoms with Gasteiger partial charge in [0.2, 0.25) is 0 Å². The molecule has 0 N–H and O–H groups in total. The topological polar surface area (TPSA) is 53.0 Å². The normalized spacial score (nSPS) is 15.7. The molecular weight excluding hydrogens is 386 g/mol. The quantitative estimate of drug-likeness (QED) is 0.363. The van der Waals surface area contributed by atoms with Crippen molar-refractivity contribution in [2.45, 2.75) is 85.5 Å². The third-order valence-electron chi connectivity index (χ3n) is 6.35. The van der Waals surface area contributed by atoms with Crippen LogP contribution in [-0.2, 0) is 9.59 Å². The van der Waals surface area contributed by atoms with Crippen molar-refractivity contribution >= 4 is 23.2 Å². The monoisotopic (exact) mass is 427 g/mol. The van der Waals surface area contributed by atoms with Gasteiger partial charge in [-0.15, -0.1) is 0 Å². The van der Waals surface area contributed by atoms with Crippen LogP contribution < -0.4 is 5.01 Å². The number of carbonyl (C=O) groups is 2. The molecule has 2 rings (SSSR count). The largest absolute Gasteiger partial charge is 0.337 e. The maximum absolute atomic E-state index is 13.5. The summed E-state index contributed by atoms with van der Waals surface area (Å²) in [5.74, 6) is 0.799. The second kappa shape index (κ2) is 13.3. The van der Waals surface area contributed by atoms with E-state index < -0.39 is 0 Å². The lowest BCUT2D eigenvalue weighted by molar-refractivity contribution is -0.126. The maximum atomic E-state index is 13.5. The van der Waals surface area contributed by atoms with Gasteiger partial charge in [-0.1, -0.05) is 84.4 Å². The number of hydrazone groups is 1. The van der Waals surface area contributed by atoms with Crippen LogP contribution >= 0.6 is 0 Å². The van der Waals surface area contributed by atoms with Gasteiger partial charge in [0.1, 0.15) is 5.71 Å². The molecule has 2 amide bonds. The first-order valence-electron chi connectivity index (χ1n) is 12.3. The fourth-order valence-electron chi connectivity index (χ4n) is 4.20. The molecule has 0 radical (unpaired) electrons. The van der Waals surface area contributed by atoms with E-state index in [1.54, 1.807) is 0 Å². The van der Waals surface area contributed by atoms with Crippen LogP contribution in [0.3, 0.4) is 0 Å². The number of benzene rings is 1. The van der Waals surface area contributed by atoms with Crippen molar-refractivity contribution in [1.29, 1.82) is 0 Å². The fraction of sp³-hybridized carbons (Fsp3) is 0.654. The first-order chi connectivity index (χ1) is 15.0. The molecule has 0 aromatic heterocycles. The van der Waals surface area contributed by atoms with E-state index in [-0.39, 0.29) is 18.2 Å². The van der Waals surface area contributed by atoms with Crippen molar-refractivity contribution in [2.24, 2.45) is 16.9 Å². The molecule has 0 saturated heterocycles. The first-order valence-corrected chi connectivity index (χ1v) is 12.3. The number of unbranched alkanes of at least 4 members (excludes halogenated alkanes) is 2. The molecule has 1 aliphatic rings. The van der Waals surface area contributed by atoms with E-state index in [1.165, 1.54) is 30.7 Å². The average molecular weight is 428 g/mol. The summed E-state index contributed by atoms with van der Waals surface area (Å²) < 4.78 is 0. The lowest BCUT2D eigenvalue weighted by atomic mass is 9.95. The summed E-state index contributed by atoms with van der Waals surface area (Å²) in [6, 6.07) is 9.36. The van der Waals surface area contributed by atoms with Crippen molar-refractivity contribution in [3.8, 4) is 0 Å². The lowest BCUT2D eigenvalue weighted by Gasteiger charge is -2.30. The smallest absolute Gasteiger partial charge is 0.270 e. The number of hydrogen-bond donors (Lipinski definition) is 0. The highest BCUT2D eigenvalue weighted by Gasteiger charge is 2.33. The van der Waals surface area contributed by atoms with Gasteiger partial charge in [-0.2, -0.15) is 10.1 Å². The molecule has 2 atom stereocenters. The Hall–Kier alpha value is -2.17. The molecule has 1 aromatic carbocycles. The van der Waals surface area contributed by atoms with E-state index in [0.29, 0.717) is 23.2 Å². The Morgan fingerprint density at radius 1 is 0.968 bits per heavy atom. The summed E-state index contributed by atoms with van der Waals surface area (Å²) in [5, 5.41) is 5.84. The van der Waals surface area contributed by atoms with Crippen LogP contribution in [0.25, 0.3) is 0 Å². The van der Waals surface area contributed by atoms with Gasteiger partial charge < -0.3 is 4.90 Å². The predicted octanol–water partition coefficient (Wildman–Crippen LogP) is 6.04. The fourth-order valence-corrected chi connectivity index (χ4v) is 4.20. The standard InChI is InChI=1S/C26H41N3O2/c1-5-9-14-21(7-3)19-28(20-22(8-4)15-10-6-2)26(31)24-18-25(30)29(27-24)23-16-12-11-13-17-23/h11-13,16-17,21-22H,5-10,14-15,18-20H2,1-4H3. The van der Waals surface area contributed by atoms with Crippen LogP contribution in [0.4, 0.5) is 5.69 Å². The van der Waals surface area contributed by atoms with Crippen LogP contribution in [0.15, 0.2) is 35.4 Å². The summed E-state index contributed by atoms with van der Waals surface area (Å²) in [6.45, 7) is 10.4. The number of para-hydroxylation sites is 1. The van der Waals surface area contributed by atoms with Crippen molar-refractivity contribution < 1.29 is 9.59 Å². The highest BCUT2D eigenvalue weighted by molar-refractivity contribution is 6.44. The van der Waals surface area contributed by atoms with E-state index in [2.05, 4.69) is 32.8 Å². The second-order valence-corrected chi connectivity index (χ2v) is 8.81. The molecule has 172 valence electrons. The van der Waals surface area contributed by atoms with Crippen molar-refractivity contribution in [2.75, 3.05) is 18.1 Å². The summed E-state index contributed by atoms with van der Waals surface area (Å²) in [7, 11) is 0. The molecule has 0 spiro atoms. The average Bonchev–Trinajstić information content (AvgIpc) is 3.19. The maximum Gasteiger partial charge on any atom is 0.270 e. The van der Waals surface area contributed by atoms with E-state index in [1.807, 2.05) is 35.2 Å². The number of amides is 2. The zero-order valence-corrected chi connectivity index (χ0v) is 20.0. The highest BCUT2D eigenvalue weighted by atomic mass is 16.2. The number of rotatable bonds is 14. The molecule has 0 bridgehead atoms. The molecule has 0 aliphatic carbocycles. The Kier molecular flexibility index (Phi) is 10.8. The molecule has 0 fully saturated rings. The lowest BCUT2D eigenvalue weighted by Crippen LogP contribution is -2.42. The van der Waals surface area contributed by atoms with Crippen LogP contribution in [0.2, 0.25) is 0 Å². The molecule has 5 heteroatoms. The molecule has 31 heavy (non-hydrogen) atoms. The van der Waals surface area contributed by atoms with E-state index >= 15 is 0 Å². The highest BCUT2D eigenvalue weighted by Crippen LogP contribution is 2.23.